The lowest BCUT2D eigenvalue weighted by molar-refractivity contribution is -0.113. The molecule has 10 heteroatoms. The van der Waals surface area contributed by atoms with E-state index in [1.54, 1.807) is 36.9 Å². The largest absolute Gasteiger partial charge is 0.496 e. The van der Waals surface area contributed by atoms with Crippen molar-refractivity contribution in [2.45, 2.75) is 6.92 Å². The number of halogens is 1. The Kier molecular flexibility index (Phi) is 6.98. The molecule has 0 spiro atoms. The number of nitrogens with zero attached hydrogens (tertiary/aromatic N) is 6. The first-order chi connectivity index (χ1) is 17.2. The molecule has 0 saturated carbocycles. The summed E-state index contributed by atoms with van der Waals surface area (Å²) in [6.07, 6.45) is 4.68. The van der Waals surface area contributed by atoms with Crippen molar-refractivity contribution >= 4 is 28.4 Å². The van der Waals surface area contributed by atoms with Crippen LogP contribution in [0.15, 0.2) is 54.9 Å². The van der Waals surface area contributed by atoms with Gasteiger partial charge in [0.2, 0.25) is 5.91 Å². The second-order valence-electron chi connectivity index (χ2n) is 8.60. The highest BCUT2D eigenvalue weighted by molar-refractivity contribution is 6.01. The molecule has 2 heterocycles. The summed E-state index contributed by atoms with van der Waals surface area (Å²) in [7, 11) is 7.08. The number of benzene rings is 2. The van der Waals surface area contributed by atoms with Crippen LogP contribution in [-0.4, -0.2) is 65.4 Å². The lowest BCUT2D eigenvalue weighted by Gasteiger charge is -2.16. The number of rotatable bonds is 7. The van der Waals surface area contributed by atoms with E-state index in [0.717, 1.165) is 0 Å². The molecule has 0 aliphatic heterocycles. The predicted molar refractivity (Wildman–Crippen MR) is 139 cm³/mol. The van der Waals surface area contributed by atoms with Gasteiger partial charge in [-0.2, -0.15) is 5.10 Å². The van der Waals surface area contributed by atoms with Crippen LogP contribution in [0.25, 0.3) is 28.0 Å². The fourth-order valence-corrected chi connectivity index (χ4v) is 3.83. The zero-order valence-electron chi connectivity index (χ0n) is 20.9. The Morgan fingerprint density at radius 2 is 1.97 bits per heavy atom. The van der Waals surface area contributed by atoms with Gasteiger partial charge in [-0.25, -0.2) is 19.0 Å². The number of anilines is 2. The quantitative estimate of drug-likeness (QED) is 0.396. The molecule has 0 saturated heterocycles. The third-order valence-corrected chi connectivity index (χ3v) is 5.76. The standard InChI is InChI=1S/C26H28FN7O2/c1-16-12-20(27)19(14-21(16)36-5)24-23-25(28)29-15-30-26(23)34(31-24)18-9-6-8-17(13-18)33(4)22(35)10-7-11-32(2)3/h6-10,12-15H,11H2,1-5H3,(H2,28,29,30). The molecule has 4 rings (SSSR count). The van der Waals surface area contributed by atoms with E-state index in [1.807, 2.05) is 37.2 Å². The summed E-state index contributed by atoms with van der Waals surface area (Å²) in [6, 6.07) is 10.2. The fourth-order valence-electron chi connectivity index (χ4n) is 3.83. The van der Waals surface area contributed by atoms with E-state index >= 15 is 4.39 Å². The van der Waals surface area contributed by atoms with Crippen molar-refractivity contribution in [1.82, 2.24) is 24.6 Å². The molecular weight excluding hydrogens is 461 g/mol. The average Bonchev–Trinajstić information content (AvgIpc) is 3.24. The molecule has 186 valence electrons. The van der Waals surface area contributed by atoms with Gasteiger partial charge in [-0.1, -0.05) is 12.1 Å². The summed E-state index contributed by atoms with van der Waals surface area (Å²) in [5.74, 6) is 0.0655. The van der Waals surface area contributed by atoms with Gasteiger partial charge in [0.05, 0.1) is 18.2 Å². The third kappa shape index (κ3) is 4.76. The molecule has 2 aromatic carbocycles. The summed E-state index contributed by atoms with van der Waals surface area (Å²) >= 11 is 0. The number of fused-ring (bicyclic) bond motifs is 1. The fraction of sp³-hybridized carbons (Fsp3) is 0.231. The number of hydrogen-bond acceptors (Lipinski definition) is 7. The lowest BCUT2D eigenvalue weighted by atomic mass is 10.1. The number of carbonyl (C=O) groups excluding carboxylic acids is 1. The van der Waals surface area contributed by atoms with Crippen LogP contribution in [0.2, 0.25) is 0 Å². The van der Waals surface area contributed by atoms with Gasteiger partial charge in [0.1, 0.15) is 29.4 Å². The van der Waals surface area contributed by atoms with Gasteiger partial charge < -0.3 is 20.3 Å². The molecule has 0 atom stereocenters. The van der Waals surface area contributed by atoms with Gasteiger partial charge in [-0.15, -0.1) is 0 Å². The number of aromatic nitrogens is 4. The Morgan fingerprint density at radius 1 is 1.19 bits per heavy atom. The Hall–Kier alpha value is -4.31. The molecule has 0 bridgehead atoms. The predicted octanol–water partition coefficient (Wildman–Crippen LogP) is 3.60. The summed E-state index contributed by atoms with van der Waals surface area (Å²) in [4.78, 5) is 24.6. The minimum atomic E-state index is -0.466. The van der Waals surface area contributed by atoms with Crippen LogP contribution in [0.4, 0.5) is 15.9 Å². The normalized spacial score (nSPS) is 11.5. The van der Waals surface area contributed by atoms with E-state index in [4.69, 9.17) is 10.5 Å². The number of nitrogen functional groups attached to an aromatic ring is 1. The van der Waals surface area contributed by atoms with Crippen molar-refractivity contribution < 1.29 is 13.9 Å². The number of likely N-dealkylation sites (N-methyl/N-ethyl adjacent to an activating group) is 2. The molecule has 0 aliphatic carbocycles. The molecule has 0 aliphatic rings. The zero-order chi connectivity index (χ0) is 26.0. The van der Waals surface area contributed by atoms with E-state index in [1.165, 1.54) is 30.5 Å². The SMILES string of the molecule is COc1cc(-c2nn(-c3cccc(N(C)C(=O)C=CCN(C)C)c3)c3ncnc(N)c23)c(F)cc1C. The second-order valence-corrected chi connectivity index (χ2v) is 8.60. The first kappa shape index (κ1) is 24.8. The maximum absolute atomic E-state index is 15.1. The lowest BCUT2D eigenvalue weighted by Crippen LogP contribution is -2.24. The summed E-state index contributed by atoms with van der Waals surface area (Å²) in [5, 5.41) is 5.11. The molecule has 2 aromatic heterocycles. The third-order valence-electron chi connectivity index (χ3n) is 5.76. The highest BCUT2D eigenvalue weighted by Crippen LogP contribution is 2.36. The number of carbonyl (C=O) groups is 1. The molecule has 1 amide bonds. The van der Waals surface area contributed by atoms with Gasteiger partial charge in [0, 0.05) is 30.9 Å². The minimum Gasteiger partial charge on any atom is -0.496 e. The Morgan fingerprint density at radius 3 is 2.69 bits per heavy atom. The maximum Gasteiger partial charge on any atom is 0.250 e. The molecule has 4 aromatic rings. The van der Waals surface area contributed by atoms with Crippen LogP contribution in [0.5, 0.6) is 5.75 Å². The van der Waals surface area contributed by atoms with E-state index in [9.17, 15) is 4.79 Å². The van der Waals surface area contributed by atoms with Gasteiger partial charge >= 0.3 is 0 Å². The van der Waals surface area contributed by atoms with E-state index in [-0.39, 0.29) is 17.3 Å². The van der Waals surface area contributed by atoms with Crippen molar-refractivity contribution in [3.63, 3.8) is 0 Å². The van der Waals surface area contributed by atoms with Crippen LogP contribution < -0.4 is 15.4 Å². The number of ether oxygens (including phenoxy) is 1. The van der Waals surface area contributed by atoms with Gasteiger partial charge in [0.25, 0.3) is 0 Å². The number of amides is 1. The summed E-state index contributed by atoms with van der Waals surface area (Å²) in [6.45, 7) is 2.42. The first-order valence-electron chi connectivity index (χ1n) is 11.2. The smallest absolute Gasteiger partial charge is 0.250 e. The Bertz CT molecular complexity index is 1460. The molecule has 0 radical (unpaired) electrons. The van der Waals surface area contributed by atoms with Crippen LogP contribution in [0.1, 0.15) is 5.56 Å². The molecule has 9 nitrogen and oxygen atoms in total. The van der Waals surface area contributed by atoms with E-state index in [2.05, 4.69) is 15.1 Å². The minimum absolute atomic E-state index is 0.166. The van der Waals surface area contributed by atoms with E-state index < -0.39 is 5.82 Å². The summed E-state index contributed by atoms with van der Waals surface area (Å²) < 4.78 is 22.1. The number of methoxy groups -OCH3 is 1. The van der Waals surface area contributed by atoms with Crippen molar-refractivity contribution in [3.8, 4) is 22.7 Å². The maximum atomic E-state index is 15.1. The second kappa shape index (κ2) is 10.1. The molecular formula is C26H28FN7O2. The number of nitrogens with two attached hydrogens (primary N) is 1. The van der Waals surface area contributed by atoms with Crippen molar-refractivity contribution in [3.05, 3.63) is 66.3 Å². The highest BCUT2D eigenvalue weighted by atomic mass is 19.1. The average molecular weight is 490 g/mol. The molecule has 0 unspecified atom stereocenters. The summed E-state index contributed by atoms with van der Waals surface area (Å²) in [5.41, 5.74) is 9.06. The van der Waals surface area contributed by atoms with Crippen LogP contribution in [0, 0.1) is 12.7 Å². The van der Waals surface area contributed by atoms with Crippen molar-refractivity contribution in [2.24, 2.45) is 0 Å². The van der Waals surface area contributed by atoms with Gasteiger partial charge in [-0.05, 0) is 56.9 Å². The molecule has 2 N–H and O–H groups in total. The Labute approximate surface area is 208 Å². The zero-order valence-corrected chi connectivity index (χ0v) is 20.9. The number of hydrogen-bond donors (Lipinski definition) is 1. The monoisotopic (exact) mass is 489 g/mol. The molecule has 0 fully saturated rings. The molecule has 36 heavy (non-hydrogen) atoms. The van der Waals surface area contributed by atoms with Crippen molar-refractivity contribution in [1.29, 1.82) is 0 Å². The van der Waals surface area contributed by atoms with E-state index in [0.29, 0.717) is 46.0 Å². The highest BCUT2D eigenvalue weighted by Gasteiger charge is 2.22. The van der Waals surface area contributed by atoms with Crippen LogP contribution >= 0.6 is 0 Å². The topological polar surface area (TPSA) is 102 Å². The first-order valence-corrected chi connectivity index (χ1v) is 11.2. The number of aryl methyl sites for hydroxylation is 1. The van der Waals surface area contributed by atoms with Crippen LogP contribution in [-0.2, 0) is 4.79 Å². The Balaban J connectivity index is 1.82. The van der Waals surface area contributed by atoms with Crippen LogP contribution in [0.3, 0.4) is 0 Å². The van der Waals surface area contributed by atoms with Gasteiger partial charge in [-0.3, -0.25) is 4.79 Å². The van der Waals surface area contributed by atoms with Crippen molar-refractivity contribution in [2.75, 3.05) is 45.4 Å². The van der Waals surface area contributed by atoms with Gasteiger partial charge in [0.15, 0.2) is 5.65 Å².